The molecule has 0 amide bonds. The van der Waals surface area contributed by atoms with Crippen molar-refractivity contribution in [3.63, 3.8) is 0 Å². The Kier molecular flexibility index (Phi) is 6.36. The van der Waals surface area contributed by atoms with E-state index in [0.29, 0.717) is 12.3 Å². The molecule has 1 aromatic rings. The van der Waals surface area contributed by atoms with Crippen molar-refractivity contribution in [2.45, 2.75) is 20.8 Å². The van der Waals surface area contributed by atoms with E-state index in [1.54, 1.807) is 0 Å². The Morgan fingerprint density at radius 3 is 2.56 bits per heavy atom. The molecule has 0 radical (unpaired) electrons. The second-order valence-electron chi connectivity index (χ2n) is 4.14. The van der Waals surface area contributed by atoms with Gasteiger partial charge >= 0.3 is 0 Å². The van der Waals surface area contributed by atoms with Crippen molar-refractivity contribution in [3.05, 3.63) is 18.2 Å². The molecule has 0 aliphatic carbocycles. The topological polar surface area (TPSA) is 50.5 Å². The SMILES string of the molecule is CCOc1cc(NCCN(CC)CC)ccc1N. The zero-order valence-corrected chi connectivity index (χ0v) is 11.7. The summed E-state index contributed by atoms with van der Waals surface area (Å²) in [6.07, 6.45) is 0. The third-order valence-corrected chi connectivity index (χ3v) is 2.96. The third kappa shape index (κ3) is 4.45. The summed E-state index contributed by atoms with van der Waals surface area (Å²) < 4.78 is 5.47. The van der Waals surface area contributed by atoms with Gasteiger partial charge in [0.1, 0.15) is 5.75 Å². The molecule has 0 atom stereocenters. The van der Waals surface area contributed by atoms with Gasteiger partial charge in [0.15, 0.2) is 0 Å². The van der Waals surface area contributed by atoms with E-state index in [4.69, 9.17) is 10.5 Å². The van der Waals surface area contributed by atoms with Crippen LogP contribution in [-0.2, 0) is 0 Å². The molecule has 0 aliphatic heterocycles. The number of nitrogen functional groups attached to an aromatic ring is 1. The summed E-state index contributed by atoms with van der Waals surface area (Å²) in [5.74, 6) is 0.755. The Balaban J connectivity index is 2.49. The first kappa shape index (κ1) is 14.6. The second-order valence-corrected chi connectivity index (χ2v) is 4.14. The summed E-state index contributed by atoms with van der Waals surface area (Å²) in [4.78, 5) is 2.38. The Morgan fingerprint density at radius 2 is 1.94 bits per heavy atom. The number of hydrogen-bond donors (Lipinski definition) is 2. The van der Waals surface area contributed by atoms with Gasteiger partial charge in [-0.3, -0.25) is 0 Å². The summed E-state index contributed by atoms with van der Waals surface area (Å²) >= 11 is 0. The maximum Gasteiger partial charge on any atom is 0.144 e. The van der Waals surface area contributed by atoms with Crippen molar-refractivity contribution in [3.8, 4) is 5.75 Å². The van der Waals surface area contributed by atoms with Crippen molar-refractivity contribution in [2.75, 3.05) is 43.8 Å². The predicted octanol–water partition coefficient (Wildman–Crippen LogP) is 2.42. The van der Waals surface area contributed by atoms with Gasteiger partial charge in [0.25, 0.3) is 0 Å². The molecule has 0 bridgehead atoms. The second kappa shape index (κ2) is 7.82. The number of anilines is 2. The van der Waals surface area contributed by atoms with Crippen molar-refractivity contribution in [1.82, 2.24) is 4.90 Å². The van der Waals surface area contributed by atoms with Crippen LogP contribution in [0.15, 0.2) is 18.2 Å². The first-order valence-corrected chi connectivity index (χ1v) is 6.69. The lowest BCUT2D eigenvalue weighted by Gasteiger charge is -2.18. The average molecular weight is 251 g/mol. The molecule has 0 aliphatic rings. The first-order chi connectivity index (χ1) is 8.71. The van der Waals surface area contributed by atoms with E-state index < -0.39 is 0 Å². The number of rotatable bonds is 8. The van der Waals surface area contributed by atoms with Gasteiger partial charge in [-0.2, -0.15) is 0 Å². The molecule has 4 heteroatoms. The van der Waals surface area contributed by atoms with Crippen LogP contribution in [0.2, 0.25) is 0 Å². The fourth-order valence-electron chi connectivity index (χ4n) is 1.82. The van der Waals surface area contributed by atoms with Gasteiger partial charge in [0.2, 0.25) is 0 Å². The Labute approximate surface area is 110 Å². The van der Waals surface area contributed by atoms with E-state index in [1.165, 1.54) is 0 Å². The molecule has 0 saturated carbocycles. The van der Waals surface area contributed by atoms with Crippen LogP contribution >= 0.6 is 0 Å². The first-order valence-electron chi connectivity index (χ1n) is 6.69. The maximum atomic E-state index is 5.83. The molecule has 1 rings (SSSR count). The number of nitrogens with two attached hydrogens (primary N) is 1. The number of hydrogen-bond acceptors (Lipinski definition) is 4. The van der Waals surface area contributed by atoms with E-state index >= 15 is 0 Å². The van der Waals surface area contributed by atoms with Crippen LogP contribution in [0.4, 0.5) is 11.4 Å². The molecule has 4 nitrogen and oxygen atoms in total. The Bertz CT molecular complexity index is 351. The fraction of sp³-hybridized carbons (Fsp3) is 0.571. The number of ether oxygens (including phenoxy) is 1. The van der Waals surface area contributed by atoms with E-state index in [9.17, 15) is 0 Å². The molecule has 0 unspecified atom stereocenters. The van der Waals surface area contributed by atoms with Crippen LogP contribution in [0.5, 0.6) is 5.75 Å². The number of benzene rings is 1. The zero-order chi connectivity index (χ0) is 13.4. The summed E-state index contributed by atoms with van der Waals surface area (Å²) in [6, 6.07) is 5.83. The highest BCUT2D eigenvalue weighted by Gasteiger charge is 2.02. The molecule has 3 N–H and O–H groups in total. The van der Waals surface area contributed by atoms with Crippen LogP contribution in [0.3, 0.4) is 0 Å². The van der Waals surface area contributed by atoms with Crippen LogP contribution < -0.4 is 15.8 Å². The summed E-state index contributed by atoms with van der Waals surface area (Å²) in [7, 11) is 0. The summed E-state index contributed by atoms with van der Waals surface area (Å²) in [6.45, 7) is 11.1. The largest absolute Gasteiger partial charge is 0.492 e. The van der Waals surface area contributed by atoms with Crippen molar-refractivity contribution < 1.29 is 4.74 Å². The number of nitrogens with one attached hydrogen (secondary N) is 1. The normalized spacial score (nSPS) is 10.7. The third-order valence-electron chi connectivity index (χ3n) is 2.96. The van der Waals surface area contributed by atoms with E-state index in [2.05, 4.69) is 24.1 Å². The Hall–Kier alpha value is -1.42. The highest BCUT2D eigenvalue weighted by Crippen LogP contribution is 2.25. The molecular formula is C14H25N3O. The van der Waals surface area contributed by atoms with Crippen molar-refractivity contribution in [2.24, 2.45) is 0 Å². The van der Waals surface area contributed by atoms with Gasteiger partial charge < -0.3 is 20.7 Å². The fourth-order valence-corrected chi connectivity index (χ4v) is 1.82. The van der Waals surface area contributed by atoms with Crippen molar-refractivity contribution >= 4 is 11.4 Å². The zero-order valence-electron chi connectivity index (χ0n) is 11.7. The minimum Gasteiger partial charge on any atom is -0.492 e. The van der Waals surface area contributed by atoms with Crippen molar-refractivity contribution in [1.29, 1.82) is 0 Å². The molecule has 0 fully saturated rings. The monoisotopic (exact) mass is 251 g/mol. The quantitative estimate of drug-likeness (QED) is 0.697. The molecule has 0 heterocycles. The maximum absolute atomic E-state index is 5.83. The number of nitrogens with zero attached hydrogens (tertiary/aromatic N) is 1. The molecule has 0 aromatic heterocycles. The molecule has 102 valence electrons. The van der Waals surface area contributed by atoms with E-state index in [-0.39, 0.29) is 0 Å². The van der Waals surface area contributed by atoms with E-state index in [1.807, 2.05) is 25.1 Å². The van der Waals surface area contributed by atoms with Gasteiger partial charge in [-0.15, -0.1) is 0 Å². The molecule has 0 saturated heterocycles. The lowest BCUT2D eigenvalue weighted by atomic mass is 10.2. The van der Waals surface area contributed by atoms with Gasteiger partial charge in [0.05, 0.1) is 12.3 Å². The van der Waals surface area contributed by atoms with Crippen LogP contribution in [-0.4, -0.2) is 37.7 Å². The van der Waals surface area contributed by atoms with Gasteiger partial charge in [0, 0.05) is 24.8 Å². The molecule has 0 spiro atoms. The minimum absolute atomic E-state index is 0.632. The van der Waals surface area contributed by atoms with Crippen LogP contribution in [0.25, 0.3) is 0 Å². The highest BCUT2D eigenvalue weighted by atomic mass is 16.5. The lowest BCUT2D eigenvalue weighted by molar-refractivity contribution is 0.316. The minimum atomic E-state index is 0.632. The summed E-state index contributed by atoms with van der Waals surface area (Å²) in [5.41, 5.74) is 7.58. The molecular weight excluding hydrogens is 226 g/mol. The number of likely N-dealkylation sites (N-methyl/N-ethyl adjacent to an activating group) is 1. The summed E-state index contributed by atoms with van der Waals surface area (Å²) in [5, 5.41) is 3.39. The van der Waals surface area contributed by atoms with Gasteiger partial charge in [-0.25, -0.2) is 0 Å². The predicted molar refractivity (Wildman–Crippen MR) is 78.3 cm³/mol. The van der Waals surface area contributed by atoms with Crippen LogP contribution in [0.1, 0.15) is 20.8 Å². The van der Waals surface area contributed by atoms with E-state index in [0.717, 1.165) is 37.6 Å². The Morgan fingerprint density at radius 1 is 1.22 bits per heavy atom. The molecule has 1 aromatic carbocycles. The average Bonchev–Trinajstić information content (AvgIpc) is 2.38. The lowest BCUT2D eigenvalue weighted by Crippen LogP contribution is -2.28. The van der Waals surface area contributed by atoms with Gasteiger partial charge in [-0.05, 0) is 32.1 Å². The smallest absolute Gasteiger partial charge is 0.144 e. The molecule has 18 heavy (non-hydrogen) atoms. The highest BCUT2D eigenvalue weighted by molar-refractivity contribution is 5.61. The van der Waals surface area contributed by atoms with Crippen LogP contribution in [0, 0.1) is 0 Å². The van der Waals surface area contributed by atoms with Gasteiger partial charge in [-0.1, -0.05) is 13.8 Å². The standard InChI is InChI=1S/C14H25N3O/c1-4-17(5-2)10-9-16-12-7-8-13(15)14(11-12)18-6-3/h7-8,11,16H,4-6,9-10,15H2,1-3H3.